The number of rotatable bonds is 7. The lowest BCUT2D eigenvalue weighted by atomic mass is 9.74. The highest BCUT2D eigenvalue weighted by molar-refractivity contribution is 5.91. The zero-order chi connectivity index (χ0) is 19.6. The van der Waals surface area contributed by atoms with E-state index in [0.29, 0.717) is 25.3 Å². The summed E-state index contributed by atoms with van der Waals surface area (Å²) in [4.78, 5) is 31.1. The van der Waals surface area contributed by atoms with Gasteiger partial charge < -0.3 is 19.2 Å². The Morgan fingerprint density at radius 2 is 2.29 bits per heavy atom. The smallest absolute Gasteiger partial charge is 0.287 e. The lowest BCUT2D eigenvalue weighted by Gasteiger charge is -2.46. The highest BCUT2D eigenvalue weighted by Gasteiger charge is 2.50. The predicted octanol–water partition coefficient (Wildman–Crippen LogP) is 2.83. The fraction of sp³-hybridized carbons (Fsp3) is 0.571. The molecule has 150 valence electrons. The van der Waals surface area contributed by atoms with E-state index in [9.17, 15) is 9.59 Å². The van der Waals surface area contributed by atoms with E-state index >= 15 is 0 Å². The molecular formula is C21H28N4O3. The molecule has 0 spiro atoms. The van der Waals surface area contributed by atoms with Gasteiger partial charge in [0, 0.05) is 43.4 Å². The van der Waals surface area contributed by atoms with Crippen LogP contribution in [0.15, 0.2) is 35.3 Å². The minimum Gasteiger partial charge on any atom is -0.454 e. The number of carbonyl (C=O) groups excluding carboxylic acids is 2. The molecule has 1 N–H and O–H groups in total. The minimum atomic E-state index is -0.184. The number of carbonyl (C=O) groups is 2. The van der Waals surface area contributed by atoms with Gasteiger partial charge in [-0.1, -0.05) is 13.3 Å². The maximum Gasteiger partial charge on any atom is 0.287 e. The predicted molar refractivity (Wildman–Crippen MR) is 104 cm³/mol. The van der Waals surface area contributed by atoms with Crippen LogP contribution < -0.4 is 5.32 Å². The van der Waals surface area contributed by atoms with Crippen LogP contribution in [0, 0.1) is 5.41 Å². The quantitative estimate of drug-likeness (QED) is 0.796. The van der Waals surface area contributed by atoms with Gasteiger partial charge in [0.15, 0.2) is 5.76 Å². The van der Waals surface area contributed by atoms with E-state index in [-0.39, 0.29) is 23.3 Å². The van der Waals surface area contributed by atoms with Crippen molar-refractivity contribution in [3.63, 3.8) is 0 Å². The minimum absolute atomic E-state index is 0.00493. The summed E-state index contributed by atoms with van der Waals surface area (Å²) in [5.74, 6) is 1.14. The van der Waals surface area contributed by atoms with Crippen molar-refractivity contribution in [3.8, 4) is 0 Å². The van der Waals surface area contributed by atoms with Crippen molar-refractivity contribution in [2.24, 2.45) is 5.41 Å². The number of nitrogens with zero attached hydrogens (tertiary/aromatic N) is 3. The molecule has 7 nitrogen and oxygen atoms in total. The van der Waals surface area contributed by atoms with Crippen molar-refractivity contribution in [3.05, 3.63) is 42.4 Å². The average molecular weight is 384 g/mol. The van der Waals surface area contributed by atoms with E-state index in [1.165, 1.54) is 0 Å². The highest BCUT2D eigenvalue weighted by atomic mass is 16.4. The van der Waals surface area contributed by atoms with Crippen molar-refractivity contribution in [1.82, 2.24) is 19.8 Å². The van der Waals surface area contributed by atoms with Crippen LogP contribution in [0.4, 0.5) is 0 Å². The first-order chi connectivity index (χ1) is 13.6. The molecule has 0 bridgehead atoms. The Bertz CT molecular complexity index is 829. The van der Waals surface area contributed by atoms with Gasteiger partial charge >= 0.3 is 0 Å². The zero-order valence-electron chi connectivity index (χ0n) is 16.4. The summed E-state index contributed by atoms with van der Waals surface area (Å²) < 4.78 is 7.61. The van der Waals surface area contributed by atoms with Crippen LogP contribution in [0.25, 0.3) is 0 Å². The lowest BCUT2D eigenvalue weighted by Crippen LogP contribution is -2.56. The molecule has 7 heteroatoms. The third-order valence-electron chi connectivity index (χ3n) is 6.24. The Morgan fingerprint density at radius 3 is 3.07 bits per heavy atom. The first-order valence-electron chi connectivity index (χ1n) is 10.2. The molecule has 2 atom stereocenters. The number of furan rings is 1. The van der Waals surface area contributed by atoms with Crippen LogP contribution in [0.1, 0.15) is 61.8 Å². The number of likely N-dealkylation sites (tertiary alicyclic amines) is 1. The molecule has 3 heterocycles. The third-order valence-corrected chi connectivity index (χ3v) is 6.24. The Labute approximate surface area is 165 Å². The molecule has 2 amide bonds. The molecule has 4 rings (SSSR count). The molecule has 2 aromatic rings. The number of fused-ring (bicyclic) bond motifs is 1. The molecule has 2 aliphatic rings. The van der Waals surface area contributed by atoms with Gasteiger partial charge in [-0.15, -0.1) is 0 Å². The Morgan fingerprint density at radius 1 is 1.39 bits per heavy atom. The van der Waals surface area contributed by atoms with E-state index in [2.05, 4.69) is 22.1 Å². The molecule has 1 saturated carbocycles. The molecule has 2 fully saturated rings. The molecule has 0 unspecified atom stereocenters. The number of hydrogen-bond acceptors (Lipinski definition) is 4. The van der Waals surface area contributed by atoms with Crippen molar-refractivity contribution in [2.75, 3.05) is 13.1 Å². The van der Waals surface area contributed by atoms with Gasteiger partial charge in [-0.05, 0) is 37.8 Å². The lowest BCUT2D eigenvalue weighted by molar-refractivity contribution is -0.141. The highest BCUT2D eigenvalue weighted by Crippen LogP contribution is 2.47. The molecule has 28 heavy (non-hydrogen) atoms. The van der Waals surface area contributed by atoms with Gasteiger partial charge in [0.25, 0.3) is 5.91 Å². The molecule has 1 aliphatic heterocycles. The van der Waals surface area contributed by atoms with E-state index in [4.69, 9.17) is 4.42 Å². The number of nitrogens with one attached hydrogen (secondary N) is 1. The largest absolute Gasteiger partial charge is 0.454 e. The summed E-state index contributed by atoms with van der Waals surface area (Å²) in [5, 5.41) is 3.09. The second-order valence-corrected chi connectivity index (χ2v) is 8.04. The van der Waals surface area contributed by atoms with E-state index in [1.54, 1.807) is 18.6 Å². The zero-order valence-corrected chi connectivity index (χ0v) is 16.4. The van der Waals surface area contributed by atoms with Crippen LogP contribution in [0.2, 0.25) is 0 Å². The van der Waals surface area contributed by atoms with Crippen LogP contribution >= 0.6 is 0 Å². The van der Waals surface area contributed by atoms with Gasteiger partial charge in [-0.25, -0.2) is 4.98 Å². The molecular weight excluding hydrogens is 356 g/mol. The maximum atomic E-state index is 12.7. The van der Waals surface area contributed by atoms with Crippen molar-refractivity contribution in [2.45, 2.75) is 58.0 Å². The third kappa shape index (κ3) is 3.57. The first-order valence-corrected chi connectivity index (χ1v) is 10.2. The topological polar surface area (TPSA) is 80.4 Å². The summed E-state index contributed by atoms with van der Waals surface area (Å²) in [6, 6.07) is 3.80. The van der Waals surface area contributed by atoms with Crippen LogP contribution in [0.3, 0.4) is 0 Å². The molecule has 0 radical (unpaired) electrons. The summed E-state index contributed by atoms with van der Waals surface area (Å²) in [6.07, 6.45) is 10.9. The fourth-order valence-corrected chi connectivity index (χ4v) is 4.88. The number of piperidine rings is 1. The van der Waals surface area contributed by atoms with Crippen LogP contribution in [0.5, 0.6) is 0 Å². The Balaban J connectivity index is 1.40. The van der Waals surface area contributed by atoms with Gasteiger partial charge in [0.2, 0.25) is 5.91 Å². The van der Waals surface area contributed by atoms with Gasteiger partial charge in [0.1, 0.15) is 5.76 Å². The van der Waals surface area contributed by atoms with E-state index < -0.39 is 0 Å². The van der Waals surface area contributed by atoms with E-state index in [1.807, 2.05) is 16.8 Å². The van der Waals surface area contributed by atoms with Gasteiger partial charge in [-0.3, -0.25) is 9.59 Å². The number of amides is 2. The van der Waals surface area contributed by atoms with Crippen molar-refractivity contribution >= 4 is 11.8 Å². The Hall–Kier alpha value is -2.57. The molecule has 1 saturated heterocycles. The summed E-state index contributed by atoms with van der Waals surface area (Å²) in [5.41, 5.74) is 0.00493. The summed E-state index contributed by atoms with van der Waals surface area (Å²) in [6.45, 7) is 4.07. The Kier molecular flexibility index (Phi) is 5.24. The SMILES string of the molecule is CCCN1C(=O)CC[C@]2(CNC(=O)c3ccc(Cn4ccnc4)o3)CCC[C@@H]12. The van der Waals surface area contributed by atoms with E-state index in [0.717, 1.165) is 44.4 Å². The summed E-state index contributed by atoms with van der Waals surface area (Å²) in [7, 11) is 0. The monoisotopic (exact) mass is 384 g/mol. The number of hydrogen-bond donors (Lipinski definition) is 1. The maximum absolute atomic E-state index is 12.7. The number of imidazole rings is 1. The molecule has 2 aromatic heterocycles. The van der Waals surface area contributed by atoms with Gasteiger partial charge in [-0.2, -0.15) is 0 Å². The molecule has 1 aliphatic carbocycles. The van der Waals surface area contributed by atoms with Crippen LogP contribution in [-0.4, -0.2) is 45.4 Å². The summed E-state index contributed by atoms with van der Waals surface area (Å²) >= 11 is 0. The van der Waals surface area contributed by atoms with Crippen LogP contribution in [-0.2, 0) is 11.3 Å². The second kappa shape index (κ2) is 7.81. The normalized spacial score (nSPS) is 24.4. The van der Waals surface area contributed by atoms with Gasteiger partial charge in [0.05, 0.1) is 12.9 Å². The second-order valence-electron chi connectivity index (χ2n) is 8.04. The standard InChI is InChI=1S/C21H28N4O3/c1-2-11-25-18-4-3-8-21(18,9-7-19(25)26)14-23-20(27)17-6-5-16(28-17)13-24-12-10-22-15-24/h5-6,10,12,15,18H,2-4,7-9,11,13-14H2,1H3,(H,23,27)/t18-,21+/m1/s1. The molecule has 0 aromatic carbocycles. The van der Waals surface area contributed by atoms with Crippen molar-refractivity contribution in [1.29, 1.82) is 0 Å². The number of aromatic nitrogens is 2. The first kappa shape index (κ1) is 18.8. The fourth-order valence-electron chi connectivity index (χ4n) is 4.88. The average Bonchev–Trinajstić information content (AvgIpc) is 3.44. The van der Waals surface area contributed by atoms with Crippen molar-refractivity contribution < 1.29 is 14.0 Å².